The fourth-order valence-electron chi connectivity index (χ4n) is 3.47. The number of primary amides is 1. The smallest absolute Gasteiger partial charge is 0.320 e. The number of anilines is 1. The van der Waals surface area contributed by atoms with Gasteiger partial charge in [-0.2, -0.15) is 0 Å². The zero-order valence-electron chi connectivity index (χ0n) is 20.8. The standard InChI is InChI=1S/C25H29N5O7/c1-34-18-6-4-5-16(22(18)36-3)11-12-27-25(33)30-24-21(23(26)32)28-19(29-24)14-37-17-9-7-15(8-10-17)13-20(31)35-2/h4-10H,11-14H2,1-3H3,(H2,26,32)(H,28,29)(H2,27,30,33). The highest BCUT2D eigenvalue weighted by atomic mass is 16.5. The number of nitrogens with one attached hydrogen (secondary N) is 3. The van der Waals surface area contributed by atoms with Crippen molar-refractivity contribution in [3.05, 3.63) is 65.1 Å². The van der Waals surface area contributed by atoms with Crippen molar-refractivity contribution in [1.29, 1.82) is 0 Å². The van der Waals surface area contributed by atoms with E-state index in [9.17, 15) is 14.4 Å². The average Bonchev–Trinajstić information content (AvgIpc) is 3.30. The molecule has 0 fully saturated rings. The minimum Gasteiger partial charge on any atom is -0.493 e. The zero-order chi connectivity index (χ0) is 26.8. The van der Waals surface area contributed by atoms with Crippen LogP contribution in [0.4, 0.5) is 10.6 Å². The number of amides is 3. The molecule has 0 aliphatic carbocycles. The topological polar surface area (TPSA) is 167 Å². The minimum absolute atomic E-state index is 0.0176. The van der Waals surface area contributed by atoms with Gasteiger partial charge in [0.15, 0.2) is 17.3 Å². The van der Waals surface area contributed by atoms with Crippen LogP contribution in [-0.2, 0) is 29.0 Å². The van der Waals surface area contributed by atoms with Gasteiger partial charge in [0, 0.05) is 6.54 Å². The normalized spacial score (nSPS) is 10.4. The van der Waals surface area contributed by atoms with E-state index in [0.717, 1.165) is 11.1 Å². The lowest BCUT2D eigenvalue weighted by Gasteiger charge is -2.13. The second kappa shape index (κ2) is 12.8. The summed E-state index contributed by atoms with van der Waals surface area (Å²) >= 11 is 0. The highest BCUT2D eigenvalue weighted by molar-refractivity contribution is 6.00. The zero-order valence-corrected chi connectivity index (χ0v) is 20.8. The lowest BCUT2D eigenvalue weighted by molar-refractivity contribution is -0.139. The summed E-state index contributed by atoms with van der Waals surface area (Å²) in [6.45, 7) is 0.267. The molecule has 0 aliphatic rings. The molecule has 5 N–H and O–H groups in total. The Labute approximate surface area is 213 Å². The quantitative estimate of drug-likeness (QED) is 0.268. The number of urea groups is 1. The summed E-state index contributed by atoms with van der Waals surface area (Å²) < 4.78 is 21.0. The molecule has 0 unspecified atom stereocenters. The third-order valence-electron chi connectivity index (χ3n) is 5.27. The first-order valence-corrected chi connectivity index (χ1v) is 11.3. The molecular formula is C25H29N5O7. The number of hydrogen-bond acceptors (Lipinski definition) is 8. The summed E-state index contributed by atoms with van der Waals surface area (Å²) in [5.74, 6) is 0.845. The van der Waals surface area contributed by atoms with E-state index in [1.165, 1.54) is 7.11 Å². The third kappa shape index (κ3) is 7.37. The molecule has 0 aliphatic heterocycles. The van der Waals surface area contributed by atoms with E-state index in [1.54, 1.807) is 44.6 Å². The molecule has 12 nitrogen and oxygen atoms in total. The molecular weight excluding hydrogens is 482 g/mol. The maximum absolute atomic E-state index is 12.4. The number of para-hydroxylation sites is 1. The van der Waals surface area contributed by atoms with Gasteiger partial charge in [0.05, 0.1) is 27.8 Å². The van der Waals surface area contributed by atoms with Crippen molar-refractivity contribution in [2.45, 2.75) is 19.4 Å². The number of H-pyrrole nitrogens is 1. The third-order valence-corrected chi connectivity index (χ3v) is 5.27. The van der Waals surface area contributed by atoms with Crippen molar-refractivity contribution < 1.29 is 33.3 Å². The van der Waals surface area contributed by atoms with Crippen LogP contribution in [0.1, 0.15) is 27.4 Å². The van der Waals surface area contributed by atoms with Gasteiger partial charge in [0.25, 0.3) is 5.91 Å². The Morgan fingerprint density at radius 2 is 1.78 bits per heavy atom. The fourth-order valence-corrected chi connectivity index (χ4v) is 3.47. The lowest BCUT2D eigenvalue weighted by Crippen LogP contribution is -2.31. The summed E-state index contributed by atoms with van der Waals surface area (Å²) in [6.07, 6.45) is 0.635. The number of rotatable bonds is 12. The van der Waals surface area contributed by atoms with Crippen molar-refractivity contribution >= 4 is 23.7 Å². The number of benzene rings is 2. The van der Waals surface area contributed by atoms with Crippen LogP contribution >= 0.6 is 0 Å². The van der Waals surface area contributed by atoms with Gasteiger partial charge in [0.2, 0.25) is 0 Å². The first-order chi connectivity index (χ1) is 17.8. The lowest BCUT2D eigenvalue weighted by atomic mass is 10.1. The van der Waals surface area contributed by atoms with Crippen molar-refractivity contribution in [2.24, 2.45) is 5.73 Å². The predicted octanol–water partition coefficient (Wildman–Crippen LogP) is 2.18. The van der Waals surface area contributed by atoms with Crippen LogP contribution < -0.4 is 30.6 Å². The number of nitrogens with two attached hydrogens (primary N) is 1. The molecule has 0 radical (unpaired) electrons. The summed E-state index contributed by atoms with van der Waals surface area (Å²) in [7, 11) is 4.43. The van der Waals surface area contributed by atoms with Gasteiger partial charge in [-0.3, -0.25) is 14.9 Å². The number of aromatic amines is 1. The molecule has 3 aromatic rings. The van der Waals surface area contributed by atoms with Crippen LogP contribution in [0.2, 0.25) is 0 Å². The number of hydrogen-bond donors (Lipinski definition) is 4. The number of carbonyl (C=O) groups excluding carboxylic acids is 3. The highest BCUT2D eigenvalue weighted by Crippen LogP contribution is 2.30. The van der Waals surface area contributed by atoms with E-state index < -0.39 is 11.9 Å². The van der Waals surface area contributed by atoms with Gasteiger partial charge >= 0.3 is 12.0 Å². The van der Waals surface area contributed by atoms with E-state index in [-0.39, 0.29) is 42.9 Å². The van der Waals surface area contributed by atoms with Gasteiger partial charge in [0.1, 0.15) is 23.9 Å². The number of imidazole rings is 1. The second-order valence-corrected chi connectivity index (χ2v) is 7.74. The largest absolute Gasteiger partial charge is 0.493 e. The average molecular weight is 512 g/mol. The number of ether oxygens (including phenoxy) is 4. The summed E-state index contributed by atoms with van der Waals surface area (Å²) in [5, 5.41) is 5.24. The van der Waals surface area contributed by atoms with E-state index in [0.29, 0.717) is 23.7 Å². The molecule has 196 valence electrons. The Hall–Kier alpha value is -4.74. The molecule has 0 saturated heterocycles. The molecule has 1 aromatic heterocycles. The Bertz CT molecular complexity index is 1240. The summed E-state index contributed by atoms with van der Waals surface area (Å²) in [6, 6.07) is 11.8. The van der Waals surface area contributed by atoms with Gasteiger partial charge in [-0.05, 0) is 35.7 Å². The monoisotopic (exact) mass is 511 g/mol. The molecule has 3 rings (SSSR count). The van der Waals surface area contributed by atoms with Crippen LogP contribution in [0.15, 0.2) is 42.5 Å². The number of methoxy groups -OCH3 is 3. The van der Waals surface area contributed by atoms with Crippen molar-refractivity contribution in [2.75, 3.05) is 33.2 Å². The van der Waals surface area contributed by atoms with Crippen molar-refractivity contribution in [1.82, 2.24) is 15.3 Å². The van der Waals surface area contributed by atoms with E-state index in [1.807, 2.05) is 12.1 Å². The maximum Gasteiger partial charge on any atom is 0.320 e. The minimum atomic E-state index is -0.790. The predicted molar refractivity (Wildman–Crippen MR) is 134 cm³/mol. The molecule has 0 bridgehead atoms. The molecule has 0 spiro atoms. The molecule has 12 heteroatoms. The first-order valence-electron chi connectivity index (χ1n) is 11.3. The number of nitrogens with zero attached hydrogens (tertiary/aromatic N) is 1. The van der Waals surface area contributed by atoms with Gasteiger partial charge in [-0.15, -0.1) is 0 Å². The van der Waals surface area contributed by atoms with E-state index in [4.69, 9.17) is 19.9 Å². The Morgan fingerprint density at radius 3 is 2.43 bits per heavy atom. The summed E-state index contributed by atoms with van der Waals surface area (Å²) in [4.78, 5) is 42.6. The van der Waals surface area contributed by atoms with Crippen LogP contribution in [-0.4, -0.2) is 55.7 Å². The molecule has 3 amide bonds. The molecule has 0 saturated carbocycles. The Balaban J connectivity index is 1.56. The van der Waals surface area contributed by atoms with Crippen LogP contribution in [0.25, 0.3) is 0 Å². The summed E-state index contributed by atoms with van der Waals surface area (Å²) in [5.41, 5.74) is 7.00. The van der Waals surface area contributed by atoms with Gasteiger partial charge < -0.3 is 35.0 Å². The van der Waals surface area contributed by atoms with Crippen LogP contribution in [0.5, 0.6) is 17.2 Å². The van der Waals surface area contributed by atoms with Crippen LogP contribution in [0, 0.1) is 0 Å². The molecule has 37 heavy (non-hydrogen) atoms. The Kier molecular flexibility index (Phi) is 9.30. The van der Waals surface area contributed by atoms with Gasteiger partial charge in [-0.25, -0.2) is 9.78 Å². The van der Waals surface area contributed by atoms with Gasteiger partial charge in [-0.1, -0.05) is 24.3 Å². The number of esters is 1. The second-order valence-electron chi connectivity index (χ2n) is 7.74. The number of aromatic nitrogens is 2. The first kappa shape index (κ1) is 26.9. The Morgan fingerprint density at radius 1 is 1.03 bits per heavy atom. The molecule has 2 aromatic carbocycles. The number of carbonyl (C=O) groups is 3. The molecule has 0 atom stereocenters. The maximum atomic E-state index is 12.4. The highest BCUT2D eigenvalue weighted by Gasteiger charge is 2.18. The van der Waals surface area contributed by atoms with E-state index in [2.05, 4.69) is 25.3 Å². The fraction of sp³-hybridized carbons (Fsp3) is 0.280. The van der Waals surface area contributed by atoms with Crippen molar-refractivity contribution in [3.63, 3.8) is 0 Å². The SMILES string of the molecule is COC(=O)Cc1ccc(OCc2nc(NC(=O)NCCc3cccc(OC)c3OC)c(C(N)=O)[nH]2)cc1. The van der Waals surface area contributed by atoms with E-state index >= 15 is 0 Å². The van der Waals surface area contributed by atoms with Crippen molar-refractivity contribution in [3.8, 4) is 17.2 Å². The molecule has 1 heterocycles. The van der Waals surface area contributed by atoms with Crippen LogP contribution in [0.3, 0.4) is 0 Å².